The van der Waals surface area contributed by atoms with Crippen LogP contribution < -0.4 is 5.73 Å². The van der Waals surface area contributed by atoms with E-state index in [1.54, 1.807) is 0 Å². The van der Waals surface area contributed by atoms with Crippen LogP contribution in [-0.4, -0.2) is 32.5 Å². The molecule has 1 aromatic rings. The van der Waals surface area contributed by atoms with E-state index < -0.39 is 27.8 Å². The summed E-state index contributed by atoms with van der Waals surface area (Å²) >= 11 is 0. The Bertz CT molecular complexity index is 480. The van der Waals surface area contributed by atoms with Crippen LogP contribution in [0, 0.1) is 0 Å². The zero-order valence-corrected chi connectivity index (χ0v) is 9.68. The highest BCUT2D eigenvalue weighted by Gasteiger charge is 2.36. The average molecular weight is 272 g/mol. The van der Waals surface area contributed by atoms with Crippen molar-refractivity contribution in [3.63, 3.8) is 0 Å². The lowest BCUT2D eigenvalue weighted by atomic mass is 10.5. The van der Waals surface area contributed by atoms with Gasteiger partial charge >= 0.3 is 6.18 Å². The topological polar surface area (TPSA) is 76.5 Å². The molecule has 1 rings (SSSR count). The summed E-state index contributed by atoms with van der Waals surface area (Å²) in [5, 5.41) is -0.551. The van der Waals surface area contributed by atoms with Gasteiger partial charge in [0, 0.05) is 7.05 Å². The number of hydrogen-bond donors (Lipinski definition) is 1. The molecule has 0 aromatic carbocycles. The molecule has 5 nitrogen and oxygen atoms in total. The first-order valence-corrected chi connectivity index (χ1v) is 5.92. The minimum Gasteiger partial charge on any atom is -0.447 e. The fourth-order valence-corrected chi connectivity index (χ4v) is 2.17. The highest BCUT2D eigenvalue weighted by molar-refractivity contribution is 7.89. The lowest BCUT2D eigenvalue weighted by Crippen LogP contribution is -2.35. The Hall–Kier alpha value is -1.06. The van der Waals surface area contributed by atoms with Gasteiger partial charge in [0.15, 0.2) is 0 Å². The Morgan fingerprint density at radius 1 is 1.41 bits per heavy atom. The molecule has 0 saturated heterocycles. The van der Waals surface area contributed by atoms with Crippen LogP contribution in [0.1, 0.15) is 5.76 Å². The summed E-state index contributed by atoms with van der Waals surface area (Å²) in [6, 6.07) is 2.37. The molecular weight excluding hydrogens is 261 g/mol. The van der Waals surface area contributed by atoms with Crippen LogP contribution in [0.4, 0.5) is 13.2 Å². The van der Waals surface area contributed by atoms with Crippen molar-refractivity contribution in [1.29, 1.82) is 0 Å². The van der Waals surface area contributed by atoms with Crippen LogP contribution >= 0.6 is 0 Å². The van der Waals surface area contributed by atoms with Gasteiger partial charge in [-0.05, 0) is 12.1 Å². The van der Waals surface area contributed by atoms with Crippen LogP contribution in [0.15, 0.2) is 21.6 Å². The Balaban J connectivity index is 2.95. The molecule has 0 spiro atoms. The molecule has 98 valence electrons. The first kappa shape index (κ1) is 14.0. The lowest BCUT2D eigenvalue weighted by molar-refractivity contribution is -0.134. The number of furan rings is 1. The Labute approximate surface area is 96.0 Å². The number of rotatable bonds is 4. The summed E-state index contributed by atoms with van der Waals surface area (Å²) in [6.45, 7) is -1.60. The third-order valence-corrected chi connectivity index (χ3v) is 3.58. The summed E-state index contributed by atoms with van der Waals surface area (Å²) in [5.41, 5.74) is 5.20. The molecule has 0 saturated carbocycles. The predicted octanol–water partition coefficient (Wildman–Crippen LogP) is 0.921. The lowest BCUT2D eigenvalue weighted by Gasteiger charge is -2.16. The molecule has 0 aliphatic carbocycles. The van der Waals surface area contributed by atoms with Crippen LogP contribution in [0.3, 0.4) is 0 Å². The van der Waals surface area contributed by atoms with Crippen LogP contribution in [0.5, 0.6) is 0 Å². The summed E-state index contributed by atoms with van der Waals surface area (Å²) in [4.78, 5) is 0. The number of nitrogens with two attached hydrogens (primary N) is 1. The van der Waals surface area contributed by atoms with E-state index in [2.05, 4.69) is 0 Å². The average Bonchev–Trinajstić information content (AvgIpc) is 2.63. The number of hydrogen-bond acceptors (Lipinski definition) is 4. The molecule has 0 atom stereocenters. The van der Waals surface area contributed by atoms with Crippen molar-refractivity contribution in [1.82, 2.24) is 4.31 Å². The monoisotopic (exact) mass is 272 g/mol. The number of sulfonamides is 1. The molecule has 0 aliphatic heterocycles. The van der Waals surface area contributed by atoms with Crippen molar-refractivity contribution in [3.05, 3.63) is 17.9 Å². The second-order valence-corrected chi connectivity index (χ2v) is 5.28. The van der Waals surface area contributed by atoms with E-state index in [0.29, 0.717) is 0 Å². The highest BCUT2D eigenvalue weighted by atomic mass is 32.2. The zero-order valence-electron chi connectivity index (χ0n) is 8.86. The van der Waals surface area contributed by atoms with E-state index in [-0.39, 0.29) is 16.6 Å². The Morgan fingerprint density at radius 2 is 2.00 bits per heavy atom. The molecule has 17 heavy (non-hydrogen) atoms. The molecule has 0 radical (unpaired) electrons. The minimum absolute atomic E-state index is 0.0293. The van der Waals surface area contributed by atoms with E-state index in [1.807, 2.05) is 0 Å². The molecule has 0 aliphatic rings. The van der Waals surface area contributed by atoms with E-state index in [9.17, 15) is 21.6 Å². The third kappa shape index (κ3) is 3.45. The molecule has 0 bridgehead atoms. The van der Waals surface area contributed by atoms with E-state index in [0.717, 1.165) is 13.1 Å². The zero-order chi connectivity index (χ0) is 13.3. The van der Waals surface area contributed by atoms with Crippen LogP contribution in [-0.2, 0) is 16.6 Å². The maximum absolute atomic E-state index is 12.1. The molecule has 0 fully saturated rings. The van der Waals surface area contributed by atoms with E-state index in [1.165, 1.54) is 6.07 Å². The van der Waals surface area contributed by atoms with Crippen molar-refractivity contribution in [2.45, 2.75) is 17.8 Å². The molecule has 9 heteroatoms. The second kappa shape index (κ2) is 4.67. The van der Waals surface area contributed by atoms with Crippen molar-refractivity contribution in [2.24, 2.45) is 5.73 Å². The van der Waals surface area contributed by atoms with Gasteiger partial charge in [-0.1, -0.05) is 0 Å². The molecule has 0 unspecified atom stereocenters. The van der Waals surface area contributed by atoms with Gasteiger partial charge in [0.2, 0.25) is 5.09 Å². The summed E-state index contributed by atoms with van der Waals surface area (Å²) in [7, 11) is -3.44. The van der Waals surface area contributed by atoms with Crippen molar-refractivity contribution >= 4 is 10.0 Å². The third-order valence-electron chi connectivity index (χ3n) is 1.90. The van der Waals surface area contributed by atoms with Crippen LogP contribution in [0.2, 0.25) is 0 Å². The van der Waals surface area contributed by atoms with Crippen molar-refractivity contribution in [3.8, 4) is 0 Å². The molecule has 1 heterocycles. The smallest absolute Gasteiger partial charge is 0.402 e. The van der Waals surface area contributed by atoms with Crippen LogP contribution in [0.25, 0.3) is 0 Å². The van der Waals surface area contributed by atoms with E-state index in [4.69, 9.17) is 10.2 Å². The van der Waals surface area contributed by atoms with E-state index >= 15 is 0 Å². The van der Waals surface area contributed by atoms with Gasteiger partial charge in [-0.3, -0.25) is 0 Å². The standard InChI is InChI=1S/C8H11F3N2O3S/c1-13(5-8(9,10)11)17(14,15)7-3-2-6(4-12)16-7/h2-3H,4-5,12H2,1H3. The summed E-state index contributed by atoms with van der Waals surface area (Å²) in [5.74, 6) is 0.184. The fraction of sp³-hybridized carbons (Fsp3) is 0.500. The Morgan fingerprint density at radius 3 is 2.41 bits per heavy atom. The quantitative estimate of drug-likeness (QED) is 0.884. The number of alkyl halides is 3. The minimum atomic E-state index is -4.61. The predicted molar refractivity (Wildman–Crippen MR) is 52.5 cm³/mol. The first-order chi connectivity index (χ1) is 7.66. The Kier molecular flexibility index (Phi) is 3.84. The van der Waals surface area contributed by atoms with Crippen molar-refractivity contribution in [2.75, 3.05) is 13.6 Å². The van der Waals surface area contributed by atoms with Gasteiger partial charge in [-0.15, -0.1) is 0 Å². The second-order valence-electron chi connectivity index (χ2n) is 3.30. The molecular formula is C8H11F3N2O3S. The van der Waals surface area contributed by atoms with Gasteiger partial charge < -0.3 is 10.2 Å². The first-order valence-electron chi connectivity index (χ1n) is 4.48. The van der Waals surface area contributed by atoms with Gasteiger partial charge in [0.25, 0.3) is 10.0 Å². The van der Waals surface area contributed by atoms with Gasteiger partial charge in [-0.25, -0.2) is 8.42 Å². The molecule has 2 N–H and O–H groups in total. The highest BCUT2D eigenvalue weighted by Crippen LogP contribution is 2.22. The maximum Gasteiger partial charge on any atom is 0.402 e. The van der Waals surface area contributed by atoms with Gasteiger partial charge in [0.1, 0.15) is 12.3 Å². The molecule has 0 amide bonds. The largest absolute Gasteiger partial charge is 0.447 e. The number of nitrogens with zero attached hydrogens (tertiary/aromatic N) is 1. The normalized spacial score (nSPS) is 13.3. The van der Waals surface area contributed by atoms with Crippen molar-refractivity contribution < 1.29 is 26.0 Å². The summed E-state index contributed by atoms with van der Waals surface area (Å²) in [6.07, 6.45) is -4.61. The number of halogens is 3. The molecule has 1 aromatic heterocycles. The van der Waals surface area contributed by atoms with Gasteiger partial charge in [-0.2, -0.15) is 17.5 Å². The summed E-state index contributed by atoms with van der Waals surface area (Å²) < 4.78 is 64.4. The SMILES string of the molecule is CN(CC(F)(F)F)S(=O)(=O)c1ccc(CN)o1. The maximum atomic E-state index is 12.1. The fourth-order valence-electron chi connectivity index (χ4n) is 1.10. The van der Waals surface area contributed by atoms with Gasteiger partial charge in [0.05, 0.1) is 6.54 Å².